The highest BCUT2D eigenvalue weighted by molar-refractivity contribution is 5.26. The lowest BCUT2D eigenvalue weighted by molar-refractivity contribution is 0.582. The third-order valence-electron chi connectivity index (χ3n) is 1.43. The normalized spacial score (nSPS) is 9.08. The summed E-state index contributed by atoms with van der Waals surface area (Å²) in [7, 11) is 1.86. The Morgan fingerprint density at radius 3 is 3.08 bits per heavy atom. The second-order valence-corrected chi connectivity index (χ2v) is 2.50. The maximum Gasteiger partial charge on any atom is 0.214 e. The van der Waals surface area contributed by atoms with Crippen molar-refractivity contribution in [1.82, 2.24) is 10.3 Å². The van der Waals surface area contributed by atoms with Crippen LogP contribution in [0.1, 0.15) is 12.1 Å². The highest BCUT2D eigenvalue weighted by Crippen LogP contribution is 1.95. The zero-order chi connectivity index (χ0) is 9.52. The number of hydrogen-bond acceptors (Lipinski definition) is 2. The maximum atomic E-state index is 12.6. The Balaban J connectivity index is 2.56. The van der Waals surface area contributed by atoms with Gasteiger partial charge in [0.15, 0.2) is 0 Å². The molecule has 1 aromatic rings. The highest BCUT2D eigenvalue weighted by Gasteiger charge is 1.90. The molecule has 0 saturated heterocycles. The predicted molar refractivity (Wildman–Crippen MR) is 49.6 cm³/mol. The van der Waals surface area contributed by atoms with E-state index >= 15 is 0 Å². The molecule has 0 amide bonds. The molecule has 1 rings (SSSR count). The Hall–Kier alpha value is -1.40. The van der Waals surface area contributed by atoms with Crippen LogP contribution in [0.2, 0.25) is 0 Å². The molecule has 0 bridgehead atoms. The van der Waals surface area contributed by atoms with Crippen molar-refractivity contribution in [1.29, 1.82) is 0 Å². The van der Waals surface area contributed by atoms with E-state index in [1.807, 2.05) is 7.05 Å². The van der Waals surface area contributed by atoms with Crippen LogP contribution < -0.4 is 5.32 Å². The van der Waals surface area contributed by atoms with Crippen molar-refractivity contribution in [3.8, 4) is 11.8 Å². The minimum atomic E-state index is -0.486. The van der Waals surface area contributed by atoms with Crippen molar-refractivity contribution in [2.24, 2.45) is 0 Å². The molecule has 3 heteroatoms. The van der Waals surface area contributed by atoms with E-state index < -0.39 is 5.95 Å². The molecular formula is C10H11FN2. The van der Waals surface area contributed by atoms with Crippen molar-refractivity contribution in [3.05, 3.63) is 29.8 Å². The SMILES string of the molecule is CNCCC#Cc1cccc(F)n1. The fourth-order valence-corrected chi connectivity index (χ4v) is 0.818. The van der Waals surface area contributed by atoms with Crippen LogP contribution in [-0.4, -0.2) is 18.6 Å². The number of nitrogens with one attached hydrogen (secondary N) is 1. The molecule has 1 N–H and O–H groups in total. The van der Waals surface area contributed by atoms with Gasteiger partial charge in [-0.3, -0.25) is 0 Å². The average Bonchev–Trinajstić information content (AvgIpc) is 2.13. The highest BCUT2D eigenvalue weighted by atomic mass is 19.1. The number of aromatic nitrogens is 1. The number of nitrogens with zero attached hydrogens (tertiary/aromatic N) is 1. The summed E-state index contributed by atoms with van der Waals surface area (Å²) in [6.45, 7) is 0.836. The van der Waals surface area contributed by atoms with Crippen LogP contribution >= 0.6 is 0 Å². The van der Waals surface area contributed by atoms with Gasteiger partial charge in [-0.25, -0.2) is 4.98 Å². The van der Waals surface area contributed by atoms with Gasteiger partial charge in [0.1, 0.15) is 5.69 Å². The quantitative estimate of drug-likeness (QED) is 0.418. The number of pyridine rings is 1. The summed E-state index contributed by atoms with van der Waals surface area (Å²) < 4.78 is 12.6. The van der Waals surface area contributed by atoms with E-state index in [1.54, 1.807) is 12.1 Å². The van der Waals surface area contributed by atoms with E-state index in [2.05, 4.69) is 22.1 Å². The topological polar surface area (TPSA) is 24.9 Å². The molecule has 13 heavy (non-hydrogen) atoms. The van der Waals surface area contributed by atoms with Crippen LogP contribution in [0, 0.1) is 17.8 Å². The molecule has 1 aromatic heterocycles. The first kappa shape index (κ1) is 9.69. The van der Waals surface area contributed by atoms with Crippen molar-refractivity contribution >= 4 is 0 Å². The van der Waals surface area contributed by atoms with Gasteiger partial charge in [-0.15, -0.1) is 0 Å². The fraction of sp³-hybridized carbons (Fsp3) is 0.300. The number of halogens is 1. The van der Waals surface area contributed by atoms with Gasteiger partial charge < -0.3 is 5.32 Å². The van der Waals surface area contributed by atoms with E-state index in [-0.39, 0.29) is 0 Å². The van der Waals surface area contributed by atoms with Gasteiger partial charge in [-0.2, -0.15) is 4.39 Å². The van der Waals surface area contributed by atoms with E-state index in [0.29, 0.717) is 5.69 Å². The zero-order valence-corrected chi connectivity index (χ0v) is 7.47. The summed E-state index contributed by atoms with van der Waals surface area (Å²) >= 11 is 0. The summed E-state index contributed by atoms with van der Waals surface area (Å²) in [5.41, 5.74) is 0.483. The molecule has 2 nitrogen and oxygen atoms in total. The molecule has 0 radical (unpaired) electrons. The molecule has 1 heterocycles. The van der Waals surface area contributed by atoms with Crippen molar-refractivity contribution in [3.63, 3.8) is 0 Å². The Morgan fingerprint density at radius 2 is 2.38 bits per heavy atom. The molecule has 0 unspecified atom stereocenters. The first-order valence-corrected chi connectivity index (χ1v) is 4.09. The molecular weight excluding hydrogens is 167 g/mol. The van der Waals surface area contributed by atoms with Gasteiger partial charge in [-0.1, -0.05) is 12.0 Å². The second-order valence-electron chi connectivity index (χ2n) is 2.50. The Labute approximate surface area is 77.2 Å². The van der Waals surface area contributed by atoms with Crippen molar-refractivity contribution in [2.75, 3.05) is 13.6 Å². The van der Waals surface area contributed by atoms with Crippen LogP contribution in [0.4, 0.5) is 4.39 Å². The van der Waals surface area contributed by atoms with Crippen LogP contribution in [-0.2, 0) is 0 Å². The van der Waals surface area contributed by atoms with Crippen LogP contribution in [0.3, 0.4) is 0 Å². The van der Waals surface area contributed by atoms with Crippen molar-refractivity contribution < 1.29 is 4.39 Å². The first-order chi connectivity index (χ1) is 6.33. The summed E-state index contributed by atoms with van der Waals surface area (Å²) in [5.74, 6) is 5.18. The molecule has 68 valence electrons. The van der Waals surface area contributed by atoms with Crippen LogP contribution in [0.5, 0.6) is 0 Å². The minimum absolute atomic E-state index is 0.483. The molecule has 0 aromatic carbocycles. The van der Waals surface area contributed by atoms with Gasteiger partial charge in [0.25, 0.3) is 0 Å². The second kappa shape index (κ2) is 5.28. The number of hydrogen-bond donors (Lipinski definition) is 1. The molecule has 0 saturated carbocycles. The summed E-state index contributed by atoms with van der Waals surface area (Å²) in [6, 6.07) is 4.60. The lowest BCUT2D eigenvalue weighted by Crippen LogP contribution is -2.05. The first-order valence-electron chi connectivity index (χ1n) is 4.09. The van der Waals surface area contributed by atoms with Gasteiger partial charge in [0, 0.05) is 13.0 Å². The standard InChI is InChI=1S/C10H11FN2/c1-12-8-3-2-5-9-6-4-7-10(11)13-9/h4,6-7,12H,3,8H2,1H3. The zero-order valence-electron chi connectivity index (χ0n) is 7.47. The smallest absolute Gasteiger partial charge is 0.214 e. The van der Waals surface area contributed by atoms with E-state index in [4.69, 9.17) is 0 Å². The maximum absolute atomic E-state index is 12.6. The van der Waals surface area contributed by atoms with Crippen molar-refractivity contribution in [2.45, 2.75) is 6.42 Å². The van der Waals surface area contributed by atoms with E-state index in [1.165, 1.54) is 6.07 Å². The summed E-state index contributed by atoms with van der Waals surface area (Å²) in [6.07, 6.45) is 0.745. The van der Waals surface area contributed by atoms with E-state index in [0.717, 1.165) is 13.0 Å². The lowest BCUT2D eigenvalue weighted by atomic mass is 10.3. The summed E-state index contributed by atoms with van der Waals surface area (Å²) in [4.78, 5) is 3.61. The van der Waals surface area contributed by atoms with Gasteiger partial charge in [-0.05, 0) is 25.1 Å². The van der Waals surface area contributed by atoms with Crippen LogP contribution in [0.15, 0.2) is 18.2 Å². The molecule has 0 atom stereocenters. The Kier molecular flexibility index (Phi) is 3.94. The molecule has 0 aliphatic heterocycles. The molecule has 0 fully saturated rings. The number of rotatable bonds is 2. The van der Waals surface area contributed by atoms with Gasteiger partial charge in [0.05, 0.1) is 0 Å². The van der Waals surface area contributed by atoms with E-state index in [9.17, 15) is 4.39 Å². The third kappa shape index (κ3) is 3.68. The van der Waals surface area contributed by atoms with Crippen LogP contribution in [0.25, 0.3) is 0 Å². The third-order valence-corrected chi connectivity index (χ3v) is 1.43. The molecule has 0 spiro atoms. The lowest BCUT2D eigenvalue weighted by Gasteiger charge is -1.89. The molecule has 0 aliphatic carbocycles. The monoisotopic (exact) mass is 178 g/mol. The predicted octanol–water partition coefficient (Wildman–Crippen LogP) is 1.18. The van der Waals surface area contributed by atoms with Gasteiger partial charge in [0.2, 0.25) is 5.95 Å². The largest absolute Gasteiger partial charge is 0.319 e. The fourth-order valence-electron chi connectivity index (χ4n) is 0.818. The molecule has 0 aliphatic rings. The Bertz CT molecular complexity index is 325. The summed E-state index contributed by atoms with van der Waals surface area (Å²) in [5, 5.41) is 2.97. The van der Waals surface area contributed by atoms with Gasteiger partial charge >= 0.3 is 0 Å². The average molecular weight is 178 g/mol. The Morgan fingerprint density at radius 1 is 1.54 bits per heavy atom. The minimum Gasteiger partial charge on any atom is -0.319 e.